The summed E-state index contributed by atoms with van der Waals surface area (Å²) in [5, 5.41) is 15.1. The van der Waals surface area contributed by atoms with E-state index in [1.54, 1.807) is 11.3 Å². The first kappa shape index (κ1) is 15.3. The monoisotopic (exact) mass is 296 g/mol. The quantitative estimate of drug-likeness (QED) is 0.800. The highest BCUT2D eigenvalue weighted by Crippen LogP contribution is 2.30. The van der Waals surface area contributed by atoms with E-state index in [1.807, 2.05) is 5.38 Å². The molecular formula is C15H24N2O2S. The summed E-state index contributed by atoms with van der Waals surface area (Å²) in [7, 11) is 0. The molecule has 0 bridgehead atoms. The zero-order valence-corrected chi connectivity index (χ0v) is 12.9. The molecule has 0 spiro atoms. The first-order valence-electron chi connectivity index (χ1n) is 7.60. The Balaban J connectivity index is 1.75. The van der Waals surface area contributed by atoms with Crippen LogP contribution in [0.25, 0.3) is 0 Å². The fraction of sp³-hybridized carbons (Fsp3) is 0.733. The lowest BCUT2D eigenvalue weighted by Crippen LogP contribution is -2.26. The fourth-order valence-electron chi connectivity index (χ4n) is 2.90. The molecule has 1 aromatic heterocycles. The van der Waals surface area contributed by atoms with Crippen LogP contribution in [0.1, 0.15) is 57.6 Å². The molecule has 1 saturated carbocycles. The molecule has 2 N–H and O–H groups in total. The maximum Gasteiger partial charge on any atom is 0.303 e. The number of thiazole rings is 1. The maximum atomic E-state index is 10.5. The van der Waals surface area contributed by atoms with Gasteiger partial charge in [-0.3, -0.25) is 4.79 Å². The first-order valence-corrected chi connectivity index (χ1v) is 8.48. The number of nitrogens with one attached hydrogen (secondary N) is 1. The highest BCUT2D eigenvalue weighted by Gasteiger charge is 2.21. The zero-order chi connectivity index (χ0) is 14.4. The average molecular weight is 296 g/mol. The van der Waals surface area contributed by atoms with Crippen LogP contribution in [-0.2, 0) is 11.2 Å². The number of nitrogens with zero attached hydrogens (tertiary/aromatic N) is 1. The minimum atomic E-state index is -0.762. The summed E-state index contributed by atoms with van der Waals surface area (Å²) in [5.74, 6) is 0.155. The molecule has 0 unspecified atom stereocenters. The van der Waals surface area contributed by atoms with Gasteiger partial charge in [-0.1, -0.05) is 19.8 Å². The Morgan fingerprint density at radius 3 is 2.85 bits per heavy atom. The molecule has 1 heterocycles. The number of hydrogen-bond acceptors (Lipinski definition) is 4. The van der Waals surface area contributed by atoms with E-state index >= 15 is 0 Å². The smallest absolute Gasteiger partial charge is 0.303 e. The van der Waals surface area contributed by atoms with Crippen molar-refractivity contribution in [3.63, 3.8) is 0 Å². The normalized spacial score (nSPS) is 22.6. The molecule has 4 nitrogen and oxygen atoms in total. The second-order valence-corrected chi connectivity index (χ2v) is 6.55. The average Bonchev–Trinajstić information content (AvgIpc) is 2.87. The van der Waals surface area contributed by atoms with Gasteiger partial charge in [0.2, 0.25) is 0 Å². The van der Waals surface area contributed by atoms with Crippen molar-refractivity contribution in [2.24, 2.45) is 5.92 Å². The lowest BCUT2D eigenvalue weighted by molar-refractivity contribution is -0.136. The second-order valence-electron chi connectivity index (χ2n) is 5.69. The van der Waals surface area contributed by atoms with Crippen LogP contribution in [0.5, 0.6) is 0 Å². The molecule has 5 heteroatoms. The molecule has 0 radical (unpaired) electrons. The van der Waals surface area contributed by atoms with E-state index in [2.05, 4.69) is 17.2 Å². The number of aromatic nitrogens is 1. The SMILES string of the molecule is CCCC1CCC(Nc2nc(CCC(=O)O)cs2)CC1. The molecule has 0 aliphatic heterocycles. The second kappa shape index (κ2) is 7.62. The maximum absolute atomic E-state index is 10.5. The minimum absolute atomic E-state index is 0.158. The van der Waals surface area contributed by atoms with Crippen LogP contribution in [-0.4, -0.2) is 22.1 Å². The van der Waals surface area contributed by atoms with E-state index in [4.69, 9.17) is 5.11 Å². The van der Waals surface area contributed by atoms with E-state index in [-0.39, 0.29) is 6.42 Å². The number of anilines is 1. The molecule has 0 saturated heterocycles. The third-order valence-electron chi connectivity index (χ3n) is 4.02. The molecule has 1 aromatic rings. The van der Waals surface area contributed by atoms with Gasteiger partial charge in [0.25, 0.3) is 0 Å². The fourth-order valence-corrected chi connectivity index (χ4v) is 3.72. The van der Waals surface area contributed by atoms with Crippen molar-refractivity contribution in [3.05, 3.63) is 11.1 Å². The van der Waals surface area contributed by atoms with E-state index in [0.29, 0.717) is 12.5 Å². The molecule has 2 rings (SSSR count). The molecule has 1 aliphatic carbocycles. The van der Waals surface area contributed by atoms with Gasteiger partial charge in [-0.15, -0.1) is 11.3 Å². The van der Waals surface area contributed by atoms with Crippen molar-refractivity contribution in [1.82, 2.24) is 4.98 Å². The Morgan fingerprint density at radius 2 is 2.20 bits per heavy atom. The number of carboxylic acid groups (broad SMARTS) is 1. The molecule has 0 atom stereocenters. The van der Waals surface area contributed by atoms with Crippen molar-refractivity contribution < 1.29 is 9.90 Å². The van der Waals surface area contributed by atoms with Gasteiger partial charge in [0.15, 0.2) is 5.13 Å². The number of carboxylic acids is 1. The summed E-state index contributed by atoms with van der Waals surface area (Å²) >= 11 is 1.59. The summed E-state index contributed by atoms with van der Waals surface area (Å²) < 4.78 is 0. The Kier molecular flexibility index (Phi) is 5.83. The molecular weight excluding hydrogens is 272 g/mol. The van der Waals surface area contributed by atoms with E-state index in [0.717, 1.165) is 16.7 Å². The summed E-state index contributed by atoms with van der Waals surface area (Å²) in [6.07, 6.45) is 8.45. The third kappa shape index (κ3) is 4.78. The van der Waals surface area contributed by atoms with E-state index < -0.39 is 5.97 Å². The van der Waals surface area contributed by atoms with Crippen molar-refractivity contribution >= 4 is 22.4 Å². The van der Waals surface area contributed by atoms with Gasteiger partial charge in [0, 0.05) is 17.8 Å². The molecule has 0 amide bonds. The van der Waals surface area contributed by atoms with Crippen LogP contribution in [0.3, 0.4) is 0 Å². The van der Waals surface area contributed by atoms with Crippen LogP contribution in [0.2, 0.25) is 0 Å². The zero-order valence-electron chi connectivity index (χ0n) is 12.1. The third-order valence-corrected chi connectivity index (χ3v) is 4.84. The Bertz CT molecular complexity index is 425. The van der Waals surface area contributed by atoms with E-state index in [1.165, 1.54) is 38.5 Å². The molecule has 112 valence electrons. The predicted octanol–water partition coefficient (Wildman–Crippen LogP) is 3.93. The van der Waals surface area contributed by atoms with E-state index in [9.17, 15) is 4.79 Å². The Hall–Kier alpha value is -1.10. The van der Waals surface area contributed by atoms with Gasteiger partial charge in [0.1, 0.15) is 0 Å². The standard InChI is InChI=1S/C15H24N2O2S/c1-2-3-11-4-6-12(7-5-11)16-15-17-13(10-20-15)8-9-14(18)19/h10-12H,2-9H2,1H3,(H,16,17)(H,18,19). The number of hydrogen-bond donors (Lipinski definition) is 2. The van der Waals surface area contributed by atoms with Crippen LogP contribution < -0.4 is 5.32 Å². The predicted molar refractivity (Wildman–Crippen MR) is 82.3 cm³/mol. The first-order chi connectivity index (χ1) is 9.67. The van der Waals surface area contributed by atoms with Crippen LogP contribution in [0.15, 0.2) is 5.38 Å². The molecule has 1 fully saturated rings. The van der Waals surface area contributed by atoms with Crippen molar-refractivity contribution in [2.75, 3.05) is 5.32 Å². The summed E-state index contributed by atoms with van der Waals surface area (Å²) in [6.45, 7) is 2.26. The lowest BCUT2D eigenvalue weighted by atomic mass is 9.83. The Morgan fingerprint density at radius 1 is 1.45 bits per heavy atom. The highest BCUT2D eigenvalue weighted by atomic mass is 32.1. The van der Waals surface area contributed by atoms with Gasteiger partial charge in [0.05, 0.1) is 12.1 Å². The van der Waals surface area contributed by atoms with Crippen LogP contribution in [0, 0.1) is 5.92 Å². The van der Waals surface area contributed by atoms with Gasteiger partial charge >= 0.3 is 5.97 Å². The van der Waals surface area contributed by atoms with Crippen LogP contribution >= 0.6 is 11.3 Å². The van der Waals surface area contributed by atoms with Crippen molar-refractivity contribution in [3.8, 4) is 0 Å². The van der Waals surface area contributed by atoms with Gasteiger partial charge in [-0.2, -0.15) is 0 Å². The summed E-state index contributed by atoms with van der Waals surface area (Å²) in [5.41, 5.74) is 0.888. The number of carbonyl (C=O) groups is 1. The number of aliphatic carboxylic acids is 1. The van der Waals surface area contributed by atoms with Gasteiger partial charge in [-0.25, -0.2) is 4.98 Å². The van der Waals surface area contributed by atoms with Gasteiger partial charge in [-0.05, 0) is 31.6 Å². The largest absolute Gasteiger partial charge is 0.481 e. The van der Waals surface area contributed by atoms with Gasteiger partial charge < -0.3 is 10.4 Å². The van der Waals surface area contributed by atoms with Crippen molar-refractivity contribution in [2.45, 2.75) is 64.3 Å². The van der Waals surface area contributed by atoms with Crippen LogP contribution in [0.4, 0.5) is 5.13 Å². The Labute approximate surface area is 124 Å². The number of aryl methyl sites for hydroxylation is 1. The summed E-state index contributed by atoms with van der Waals surface area (Å²) in [4.78, 5) is 15.0. The topological polar surface area (TPSA) is 62.2 Å². The lowest BCUT2D eigenvalue weighted by Gasteiger charge is -2.28. The highest BCUT2D eigenvalue weighted by molar-refractivity contribution is 7.13. The van der Waals surface area contributed by atoms with Crippen molar-refractivity contribution in [1.29, 1.82) is 0 Å². The molecule has 1 aliphatic rings. The minimum Gasteiger partial charge on any atom is -0.481 e. The summed E-state index contributed by atoms with van der Waals surface area (Å²) in [6, 6.07) is 0.543. The molecule has 20 heavy (non-hydrogen) atoms. The number of rotatable bonds is 7. The molecule has 0 aromatic carbocycles.